The van der Waals surface area contributed by atoms with Crippen molar-refractivity contribution in [2.75, 3.05) is 0 Å². The van der Waals surface area contributed by atoms with Crippen LogP contribution in [0.2, 0.25) is 0 Å². The van der Waals surface area contributed by atoms with Crippen molar-refractivity contribution >= 4 is 6.09 Å². The molecule has 0 bridgehead atoms. The predicted octanol–water partition coefficient (Wildman–Crippen LogP) is 3.25. The maximum absolute atomic E-state index is 12.6. The molecule has 22 heavy (non-hydrogen) atoms. The maximum Gasteiger partial charge on any atom is 0.416 e. The number of carbonyl (C=O) groups is 1. The highest BCUT2D eigenvalue weighted by molar-refractivity contribution is 5.67. The fraction of sp³-hybridized carbons (Fsp3) is 0.533. The molecule has 1 rings (SSSR count). The van der Waals surface area contributed by atoms with Crippen LogP contribution in [0.25, 0.3) is 0 Å². The molecule has 2 N–H and O–H groups in total. The van der Waals surface area contributed by atoms with Gasteiger partial charge < -0.3 is 15.2 Å². The van der Waals surface area contributed by atoms with Crippen molar-refractivity contribution in [2.45, 2.75) is 45.2 Å². The molecule has 2 unspecified atom stereocenters. The number of hydrogen-bond acceptors (Lipinski definition) is 3. The lowest BCUT2D eigenvalue weighted by atomic mass is 9.99. The number of alkyl carbamates (subject to hydrolysis) is 1. The molecule has 1 aromatic rings. The second kappa shape index (κ2) is 8.03. The highest BCUT2D eigenvalue weighted by Gasteiger charge is 2.44. The topological polar surface area (TPSA) is 58.6 Å². The Hall–Kier alpha value is -1.76. The summed E-state index contributed by atoms with van der Waals surface area (Å²) in [6, 6.07) is 7.31. The molecule has 0 aliphatic rings. The molecule has 0 aromatic heterocycles. The first-order valence-corrected chi connectivity index (χ1v) is 6.92. The van der Waals surface area contributed by atoms with Gasteiger partial charge in [-0.1, -0.05) is 44.2 Å². The van der Waals surface area contributed by atoms with Crippen LogP contribution in [0.4, 0.5) is 18.0 Å². The zero-order valence-electron chi connectivity index (χ0n) is 12.4. The Morgan fingerprint density at radius 3 is 2.36 bits per heavy atom. The van der Waals surface area contributed by atoms with Gasteiger partial charge in [-0.3, -0.25) is 0 Å². The number of carbonyl (C=O) groups excluding carboxylic acids is 1. The molecular formula is C15H20F3NO3. The van der Waals surface area contributed by atoms with Crippen LogP contribution in [-0.2, 0) is 11.3 Å². The van der Waals surface area contributed by atoms with Gasteiger partial charge in [-0.15, -0.1) is 0 Å². The minimum atomic E-state index is -4.80. The zero-order chi connectivity index (χ0) is 16.8. The van der Waals surface area contributed by atoms with Gasteiger partial charge in [0.15, 0.2) is 6.10 Å². The number of aliphatic hydroxyl groups is 1. The lowest BCUT2D eigenvalue weighted by Crippen LogP contribution is -2.50. The van der Waals surface area contributed by atoms with E-state index in [9.17, 15) is 23.1 Å². The molecule has 7 heteroatoms. The van der Waals surface area contributed by atoms with E-state index in [2.05, 4.69) is 5.32 Å². The quantitative estimate of drug-likeness (QED) is 0.846. The molecule has 0 spiro atoms. The summed E-state index contributed by atoms with van der Waals surface area (Å²) in [6.45, 7) is 3.35. The standard InChI is InChI=1S/C15H20F3NO3/c1-10(2)8-12(13(20)15(16,17)18)19-14(21)22-9-11-6-4-3-5-7-11/h3-7,10,12-13,20H,8-9H2,1-2H3,(H,19,21). The Labute approximate surface area is 127 Å². The number of alkyl halides is 3. The minimum Gasteiger partial charge on any atom is -0.445 e. The van der Waals surface area contributed by atoms with E-state index in [1.165, 1.54) is 0 Å². The van der Waals surface area contributed by atoms with Crippen LogP contribution in [0.1, 0.15) is 25.8 Å². The first-order chi connectivity index (χ1) is 10.2. The highest BCUT2D eigenvalue weighted by Crippen LogP contribution is 2.25. The van der Waals surface area contributed by atoms with Crippen LogP contribution in [0, 0.1) is 5.92 Å². The molecular weight excluding hydrogens is 299 g/mol. The van der Waals surface area contributed by atoms with Crippen molar-refractivity contribution in [2.24, 2.45) is 5.92 Å². The van der Waals surface area contributed by atoms with Gasteiger partial charge in [0.1, 0.15) is 6.61 Å². The minimum absolute atomic E-state index is 0.0128. The largest absolute Gasteiger partial charge is 0.445 e. The van der Waals surface area contributed by atoms with Gasteiger partial charge in [-0.2, -0.15) is 13.2 Å². The Morgan fingerprint density at radius 2 is 1.86 bits per heavy atom. The maximum atomic E-state index is 12.6. The molecule has 0 aliphatic carbocycles. The summed E-state index contributed by atoms with van der Waals surface area (Å²) in [5, 5.41) is 11.4. The van der Waals surface area contributed by atoms with Crippen molar-refractivity contribution in [3.05, 3.63) is 35.9 Å². The van der Waals surface area contributed by atoms with Crippen molar-refractivity contribution in [1.29, 1.82) is 0 Å². The lowest BCUT2D eigenvalue weighted by molar-refractivity contribution is -0.212. The SMILES string of the molecule is CC(C)CC(NC(=O)OCc1ccccc1)C(O)C(F)(F)F. The van der Waals surface area contributed by atoms with E-state index in [1.807, 2.05) is 0 Å². The Bertz CT molecular complexity index is 463. The molecule has 124 valence electrons. The molecule has 0 heterocycles. The third-order valence-electron chi connectivity index (χ3n) is 2.96. The first-order valence-electron chi connectivity index (χ1n) is 6.92. The number of ether oxygens (including phenoxy) is 1. The highest BCUT2D eigenvalue weighted by atomic mass is 19.4. The molecule has 0 saturated carbocycles. The number of nitrogens with one attached hydrogen (secondary N) is 1. The summed E-state index contributed by atoms with van der Waals surface area (Å²) >= 11 is 0. The Kier molecular flexibility index (Phi) is 6.67. The predicted molar refractivity (Wildman–Crippen MR) is 75.1 cm³/mol. The van der Waals surface area contributed by atoms with Crippen molar-refractivity contribution in [3.63, 3.8) is 0 Å². The van der Waals surface area contributed by atoms with E-state index in [-0.39, 0.29) is 18.9 Å². The average molecular weight is 319 g/mol. The fourth-order valence-corrected chi connectivity index (χ4v) is 1.92. The normalized spacial score (nSPS) is 14.5. The number of amides is 1. The third kappa shape index (κ3) is 6.34. The first kappa shape index (κ1) is 18.3. The van der Waals surface area contributed by atoms with Gasteiger partial charge >= 0.3 is 12.3 Å². The van der Waals surface area contributed by atoms with Gasteiger partial charge in [0, 0.05) is 0 Å². The lowest BCUT2D eigenvalue weighted by Gasteiger charge is -2.26. The van der Waals surface area contributed by atoms with Crippen molar-refractivity contribution in [1.82, 2.24) is 5.32 Å². The Balaban J connectivity index is 2.59. The van der Waals surface area contributed by atoms with Crippen molar-refractivity contribution in [3.8, 4) is 0 Å². The fourth-order valence-electron chi connectivity index (χ4n) is 1.92. The number of hydrogen-bond donors (Lipinski definition) is 2. The summed E-state index contributed by atoms with van der Waals surface area (Å²) in [5.41, 5.74) is 0.717. The molecule has 2 atom stereocenters. The van der Waals surface area contributed by atoms with Crippen LogP contribution >= 0.6 is 0 Å². The number of rotatable bonds is 6. The van der Waals surface area contributed by atoms with Crippen LogP contribution in [-0.4, -0.2) is 29.5 Å². The van der Waals surface area contributed by atoms with Crippen LogP contribution in [0.15, 0.2) is 30.3 Å². The number of halogens is 3. The van der Waals surface area contributed by atoms with Gasteiger partial charge in [0.05, 0.1) is 6.04 Å². The molecule has 1 amide bonds. The van der Waals surface area contributed by atoms with E-state index >= 15 is 0 Å². The van der Waals surface area contributed by atoms with Crippen LogP contribution in [0.3, 0.4) is 0 Å². The van der Waals surface area contributed by atoms with Gasteiger partial charge in [-0.05, 0) is 17.9 Å². The van der Waals surface area contributed by atoms with E-state index in [4.69, 9.17) is 4.74 Å². The molecule has 0 saturated heterocycles. The zero-order valence-corrected chi connectivity index (χ0v) is 12.4. The second-order valence-corrected chi connectivity index (χ2v) is 5.43. The van der Waals surface area contributed by atoms with E-state index < -0.39 is 24.4 Å². The average Bonchev–Trinajstić information content (AvgIpc) is 2.43. The van der Waals surface area contributed by atoms with Gasteiger partial charge in [0.25, 0.3) is 0 Å². The van der Waals surface area contributed by atoms with Crippen molar-refractivity contribution < 1.29 is 27.8 Å². The number of benzene rings is 1. The molecule has 1 aromatic carbocycles. The molecule has 0 fully saturated rings. The van der Waals surface area contributed by atoms with Crippen LogP contribution in [0.5, 0.6) is 0 Å². The number of aliphatic hydroxyl groups excluding tert-OH is 1. The van der Waals surface area contributed by atoms with E-state index in [0.717, 1.165) is 5.56 Å². The van der Waals surface area contributed by atoms with Gasteiger partial charge in [0.2, 0.25) is 0 Å². The summed E-state index contributed by atoms with van der Waals surface area (Å²) in [5.74, 6) is -0.128. The Morgan fingerprint density at radius 1 is 1.27 bits per heavy atom. The smallest absolute Gasteiger partial charge is 0.416 e. The summed E-state index contributed by atoms with van der Waals surface area (Å²) in [4.78, 5) is 11.6. The van der Waals surface area contributed by atoms with Gasteiger partial charge in [-0.25, -0.2) is 4.79 Å². The second-order valence-electron chi connectivity index (χ2n) is 5.43. The third-order valence-corrected chi connectivity index (χ3v) is 2.96. The summed E-state index contributed by atoms with van der Waals surface area (Å²) in [6.07, 6.45) is -8.43. The molecule has 0 radical (unpaired) electrons. The summed E-state index contributed by atoms with van der Waals surface area (Å²) in [7, 11) is 0. The van der Waals surface area contributed by atoms with E-state index in [0.29, 0.717) is 0 Å². The summed E-state index contributed by atoms with van der Waals surface area (Å²) < 4.78 is 42.7. The van der Waals surface area contributed by atoms with Crippen LogP contribution < -0.4 is 5.32 Å². The van der Waals surface area contributed by atoms with E-state index in [1.54, 1.807) is 44.2 Å². The monoisotopic (exact) mass is 319 g/mol. The molecule has 0 aliphatic heterocycles. The molecule has 4 nitrogen and oxygen atoms in total.